The lowest BCUT2D eigenvalue weighted by Gasteiger charge is -2.04. The first-order chi connectivity index (χ1) is 9.65. The Kier molecular flexibility index (Phi) is 3.50. The summed E-state index contributed by atoms with van der Waals surface area (Å²) in [5.74, 6) is -0.0973. The average molecular weight is 349 g/mol. The highest BCUT2D eigenvalue weighted by Crippen LogP contribution is 2.22. The zero-order valence-electron chi connectivity index (χ0n) is 10.2. The lowest BCUT2D eigenvalue weighted by atomic mass is 10.2. The maximum absolute atomic E-state index is 12.3. The average Bonchev–Trinajstić information content (AvgIpc) is 2.89. The van der Waals surface area contributed by atoms with Gasteiger partial charge in [0.25, 0.3) is 5.56 Å². The number of thiophene rings is 1. The minimum absolute atomic E-state index is 0.00359. The number of fused-ring (bicyclic) bond motifs is 1. The third-order valence-electron chi connectivity index (χ3n) is 2.89. The predicted octanol–water partition coefficient (Wildman–Crippen LogP) is 3.10. The van der Waals surface area contributed by atoms with E-state index in [1.807, 2.05) is 12.1 Å². The van der Waals surface area contributed by atoms with Crippen LogP contribution in [-0.4, -0.2) is 15.3 Å². The molecule has 100 valence electrons. The van der Waals surface area contributed by atoms with E-state index in [4.69, 9.17) is 0 Å². The van der Waals surface area contributed by atoms with Gasteiger partial charge in [-0.1, -0.05) is 12.1 Å². The van der Waals surface area contributed by atoms with Gasteiger partial charge in [0.05, 0.1) is 32.4 Å². The van der Waals surface area contributed by atoms with Crippen LogP contribution >= 0.6 is 27.3 Å². The number of ketones is 1. The fourth-order valence-electron chi connectivity index (χ4n) is 1.92. The van der Waals surface area contributed by atoms with Crippen molar-refractivity contribution in [2.24, 2.45) is 0 Å². The molecule has 0 saturated heterocycles. The Bertz CT molecular complexity index is 854. The molecule has 0 bridgehead atoms. The molecule has 0 N–H and O–H groups in total. The quantitative estimate of drug-likeness (QED) is 0.683. The number of carbonyl (C=O) groups is 1. The van der Waals surface area contributed by atoms with Crippen LogP contribution in [0, 0.1) is 0 Å². The SMILES string of the molecule is O=C(Cn1cnc2ccccc2c1=O)c1ccc(Br)s1. The van der Waals surface area contributed by atoms with Crippen LogP contribution in [0.5, 0.6) is 0 Å². The second kappa shape index (κ2) is 5.30. The summed E-state index contributed by atoms with van der Waals surface area (Å²) in [4.78, 5) is 29.2. The number of benzene rings is 1. The molecule has 3 rings (SSSR count). The molecule has 1 aromatic carbocycles. The van der Waals surface area contributed by atoms with Crippen LogP contribution in [0.3, 0.4) is 0 Å². The van der Waals surface area contributed by atoms with Gasteiger partial charge in [0.2, 0.25) is 0 Å². The van der Waals surface area contributed by atoms with Crippen molar-refractivity contribution in [1.82, 2.24) is 9.55 Å². The minimum atomic E-state index is -0.195. The van der Waals surface area contributed by atoms with E-state index in [9.17, 15) is 9.59 Å². The van der Waals surface area contributed by atoms with Gasteiger partial charge in [0, 0.05) is 0 Å². The summed E-state index contributed by atoms with van der Waals surface area (Å²) < 4.78 is 2.24. The number of carbonyl (C=O) groups excluding carboxylic acids is 1. The van der Waals surface area contributed by atoms with Gasteiger partial charge in [-0.2, -0.15) is 0 Å². The first-order valence-electron chi connectivity index (χ1n) is 5.88. The van der Waals surface area contributed by atoms with E-state index in [2.05, 4.69) is 20.9 Å². The standard InChI is InChI=1S/C14H9BrN2O2S/c15-13-6-5-12(20-13)11(18)7-17-8-16-10-4-2-1-3-9(10)14(17)19/h1-6,8H,7H2. The van der Waals surface area contributed by atoms with E-state index < -0.39 is 0 Å². The zero-order chi connectivity index (χ0) is 14.1. The van der Waals surface area contributed by atoms with Crippen molar-refractivity contribution in [1.29, 1.82) is 0 Å². The van der Waals surface area contributed by atoms with Crippen LogP contribution < -0.4 is 5.56 Å². The van der Waals surface area contributed by atoms with Gasteiger partial charge < -0.3 is 0 Å². The third-order valence-corrected chi connectivity index (χ3v) is 4.56. The Morgan fingerprint density at radius 2 is 2.05 bits per heavy atom. The van der Waals surface area contributed by atoms with Gasteiger partial charge in [-0.15, -0.1) is 11.3 Å². The van der Waals surface area contributed by atoms with Crippen LogP contribution in [-0.2, 0) is 6.54 Å². The van der Waals surface area contributed by atoms with E-state index in [1.54, 1.807) is 24.3 Å². The van der Waals surface area contributed by atoms with Crippen LogP contribution in [0.2, 0.25) is 0 Å². The van der Waals surface area contributed by atoms with E-state index in [0.29, 0.717) is 15.8 Å². The van der Waals surface area contributed by atoms with Gasteiger partial charge in [0.1, 0.15) is 0 Å². The number of halogens is 1. The second-order valence-electron chi connectivity index (χ2n) is 4.22. The molecule has 4 nitrogen and oxygen atoms in total. The van der Waals surface area contributed by atoms with Crippen molar-refractivity contribution in [3.8, 4) is 0 Å². The molecule has 0 radical (unpaired) electrons. The summed E-state index contributed by atoms with van der Waals surface area (Å²) in [5, 5.41) is 0.523. The summed E-state index contributed by atoms with van der Waals surface area (Å²) >= 11 is 4.67. The maximum Gasteiger partial charge on any atom is 0.261 e. The number of aromatic nitrogens is 2. The van der Waals surface area contributed by atoms with Gasteiger partial charge in [-0.25, -0.2) is 4.98 Å². The molecule has 6 heteroatoms. The lowest BCUT2D eigenvalue weighted by Crippen LogP contribution is -2.24. The maximum atomic E-state index is 12.3. The van der Waals surface area contributed by atoms with Crippen molar-refractivity contribution in [3.63, 3.8) is 0 Å². The largest absolute Gasteiger partial charge is 0.291 e. The molecule has 0 unspecified atom stereocenters. The lowest BCUT2D eigenvalue weighted by molar-refractivity contribution is 0.0974. The van der Waals surface area contributed by atoms with Crippen LogP contribution in [0.4, 0.5) is 0 Å². The van der Waals surface area contributed by atoms with Gasteiger partial charge in [0.15, 0.2) is 5.78 Å². The first kappa shape index (κ1) is 13.2. The van der Waals surface area contributed by atoms with Crippen molar-refractivity contribution in [2.45, 2.75) is 6.54 Å². The number of para-hydroxylation sites is 1. The highest BCUT2D eigenvalue weighted by molar-refractivity contribution is 9.11. The molecular weight excluding hydrogens is 340 g/mol. The molecule has 0 amide bonds. The van der Waals surface area contributed by atoms with Crippen molar-refractivity contribution < 1.29 is 4.79 Å². The highest BCUT2D eigenvalue weighted by Gasteiger charge is 2.11. The van der Waals surface area contributed by atoms with Crippen LogP contribution in [0.25, 0.3) is 10.9 Å². The van der Waals surface area contributed by atoms with Crippen molar-refractivity contribution >= 4 is 44.0 Å². The molecule has 0 saturated carbocycles. The van der Waals surface area contributed by atoms with E-state index >= 15 is 0 Å². The Morgan fingerprint density at radius 1 is 1.25 bits per heavy atom. The molecule has 0 aliphatic heterocycles. The fourth-order valence-corrected chi connectivity index (χ4v) is 3.23. The Hall–Kier alpha value is -1.79. The van der Waals surface area contributed by atoms with E-state index in [-0.39, 0.29) is 17.9 Å². The number of Topliss-reactive ketones (excluding diaryl/α,β-unsaturated/α-hetero) is 1. The monoisotopic (exact) mass is 348 g/mol. The van der Waals surface area contributed by atoms with Crippen LogP contribution in [0.15, 0.2) is 51.3 Å². The zero-order valence-corrected chi connectivity index (χ0v) is 12.6. The molecule has 0 aliphatic carbocycles. The van der Waals surface area contributed by atoms with Crippen molar-refractivity contribution in [3.05, 3.63) is 61.7 Å². The molecule has 0 spiro atoms. The molecule has 20 heavy (non-hydrogen) atoms. The molecule has 0 atom stereocenters. The first-order valence-corrected chi connectivity index (χ1v) is 7.49. The van der Waals surface area contributed by atoms with E-state index in [1.165, 1.54) is 22.2 Å². The summed E-state index contributed by atoms with van der Waals surface area (Å²) in [7, 11) is 0. The second-order valence-corrected chi connectivity index (χ2v) is 6.68. The molecule has 3 aromatic rings. The van der Waals surface area contributed by atoms with Gasteiger partial charge in [-0.05, 0) is 40.2 Å². The van der Waals surface area contributed by atoms with Crippen LogP contribution in [0.1, 0.15) is 9.67 Å². The third kappa shape index (κ3) is 2.44. The number of hydrogen-bond acceptors (Lipinski definition) is 4. The smallest absolute Gasteiger partial charge is 0.261 e. The number of rotatable bonds is 3. The molecule has 0 aliphatic rings. The highest BCUT2D eigenvalue weighted by atomic mass is 79.9. The summed E-state index contributed by atoms with van der Waals surface area (Å²) in [6.07, 6.45) is 1.42. The predicted molar refractivity (Wildman–Crippen MR) is 82.4 cm³/mol. The van der Waals surface area contributed by atoms with Gasteiger partial charge in [-0.3, -0.25) is 14.2 Å². The summed E-state index contributed by atoms with van der Waals surface area (Å²) in [6, 6.07) is 10.7. The van der Waals surface area contributed by atoms with Crippen molar-refractivity contribution in [2.75, 3.05) is 0 Å². The Labute approximate surface area is 126 Å². The molecule has 2 heterocycles. The number of hydrogen-bond donors (Lipinski definition) is 0. The molecule has 0 fully saturated rings. The van der Waals surface area contributed by atoms with Gasteiger partial charge >= 0.3 is 0 Å². The minimum Gasteiger partial charge on any atom is -0.291 e. The Morgan fingerprint density at radius 3 is 2.80 bits per heavy atom. The molecular formula is C14H9BrN2O2S. The summed E-state index contributed by atoms with van der Waals surface area (Å²) in [6.45, 7) is 0.00359. The Balaban J connectivity index is 1.97. The normalized spacial score (nSPS) is 10.8. The fraction of sp³-hybridized carbons (Fsp3) is 0.0714. The summed E-state index contributed by atoms with van der Waals surface area (Å²) in [5.41, 5.74) is 0.444. The number of nitrogens with zero attached hydrogens (tertiary/aromatic N) is 2. The van der Waals surface area contributed by atoms with E-state index in [0.717, 1.165) is 3.79 Å². The topological polar surface area (TPSA) is 52.0 Å². The molecule has 2 aromatic heterocycles.